The molecule has 0 radical (unpaired) electrons. The summed E-state index contributed by atoms with van der Waals surface area (Å²) >= 11 is 2.15. The first-order valence-electron chi connectivity index (χ1n) is 12.1. The zero-order valence-corrected chi connectivity index (χ0v) is 22.1. The summed E-state index contributed by atoms with van der Waals surface area (Å²) in [5.74, 6) is -0.212. The van der Waals surface area contributed by atoms with Crippen molar-refractivity contribution in [3.63, 3.8) is 0 Å². The van der Waals surface area contributed by atoms with Crippen LogP contribution < -0.4 is 0 Å². The van der Waals surface area contributed by atoms with Crippen molar-refractivity contribution in [1.82, 2.24) is 0 Å². The molecule has 184 valence electrons. The van der Waals surface area contributed by atoms with Crippen LogP contribution in [-0.2, 0) is 28.5 Å². The smallest absolute Gasteiger partial charge is 0.330 e. The van der Waals surface area contributed by atoms with E-state index in [0.29, 0.717) is 18.8 Å². The highest BCUT2D eigenvalue weighted by Crippen LogP contribution is 2.33. The monoisotopic (exact) mass is 572 g/mol. The van der Waals surface area contributed by atoms with Crippen molar-refractivity contribution < 1.29 is 28.5 Å². The van der Waals surface area contributed by atoms with E-state index in [1.165, 1.54) is 7.11 Å². The standard InChI is InChI=1S/C26H37IO6/c1-17-7-8-18(2)24(9-10-27)33-26(29)16-23-13-19(14-25(28)30-3)12-22(32-23)15-21-6-4-5-20(11-17)31-21/h7-10,14,17-18,20-24H,4-6,11-13,15-16H2,1-3H3/b8-7+,10-9+,19-14-/t17-,18-,20?,21-,22+,23-,24-/m0/s1. The molecule has 33 heavy (non-hydrogen) atoms. The Labute approximate surface area is 211 Å². The maximum absolute atomic E-state index is 12.8. The Bertz CT molecular complexity index is 760. The van der Waals surface area contributed by atoms with Gasteiger partial charge in [0.05, 0.1) is 37.9 Å². The summed E-state index contributed by atoms with van der Waals surface area (Å²) in [5, 5.41) is 0. The van der Waals surface area contributed by atoms with Gasteiger partial charge in [0, 0.05) is 18.4 Å². The van der Waals surface area contributed by atoms with Crippen LogP contribution in [0, 0.1) is 11.8 Å². The second kappa shape index (κ2) is 13.0. The Balaban J connectivity index is 1.83. The fraction of sp³-hybridized carbons (Fsp3) is 0.692. The molecule has 1 unspecified atom stereocenters. The Morgan fingerprint density at radius 1 is 1.03 bits per heavy atom. The number of fused-ring (bicyclic) bond motifs is 4. The number of esters is 2. The van der Waals surface area contributed by atoms with E-state index in [4.69, 9.17) is 18.9 Å². The fourth-order valence-electron chi connectivity index (χ4n) is 5.01. The lowest BCUT2D eigenvalue weighted by molar-refractivity contribution is -0.154. The van der Waals surface area contributed by atoms with Crippen molar-refractivity contribution in [3.8, 4) is 0 Å². The number of allylic oxidation sites excluding steroid dienone is 1. The van der Waals surface area contributed by atoms with Crippen molar-refractivity contribution in [2.24, 2.45) is 11.8 Å². The second-order valence-corrected chi connectivity index (χ2v) is 10.3. The number of halogens is 1. The van der Waals surface area contributed by atoms with Gasteiger partial charge in [0.1, 0.15) is 6.10 Å². The van der Waals surface area contributed by atoms with Gasteiger partial charge in [-0.3, -0.25) is 4.79 Å². The SMILES string of the molecule is COC(=O)/C=C1\C[C@H]2CC(=O)O[C@@H](/C=C/I)[C@@H](C)/C=C/[C@H](C)CC3CCC[C@@H](C[C@@H](C1)O2)O3. The van der Waals surface area contributed by atoms with E-state index >= 15 is 0 Å². The summed E-state index contributed by atoms with van der Waals surface area (Å²) in [5.41, 5.74) is 0.956. The molecule has 0 N–H and O–H groups in total. The van der Waals surface area contributed by atoms with Gasteiger partial charge in [-0.15, -0.1) is 0 Å². The minimum absolute atomic E-state index is 0.0603. The number of methoxy groups -OCH3 is 1. The minimum Gasteiger partial charge on any atom is -0.466 e. The van der Waals surface area contributed by atoms with E-state index in [1.54, 1.807) is 6.08 Å². The van der Waals surface area contributed by atoms with E-state index in [9.17, 15) is 9.59 Å². The Hall–Kier alpha value is -1.19. The molecular weight excluding hydrogens is 535 g/mol. The first-order chi connectivity index (χ1) is 15.9. The van der Waals surface area contributed by atoms with Crippen LogP contribution in [0.2, 0.25) is 0 Å². The molecule has 2 fully saturated rings. The van der Waals surface area contributed by atoms with Crippen LogP contribution in [0.15, 0.2) is 34.0 Å². The molecule has 0 aromatic carbocycles. The van der Waals surface area contributed by atoms with E-state index < -0.39 is 0 Å². The van der Waals surface area contributed by atoms with Crippen molar-refractivity contribution >= 4 is 34.5 Å². The average Bonchev–Trinajstić information content (AvgIpc) is 2.76. The molecule has 0 amide bonds. The van der Waals surface area contributed by atoms with Crippen LogP contribution in [0.3, 0.4) is 0 Å². The van der Waals surface area contributed by atoms with Crippen LogP contribution in [0.25, 0.3) is 0 Å². The molecule has 3 rings (SSSR count). The third-order valence-corrected chi connectivity index (χ3v) is 7.09. The summed E-state index contributed by atoms with van der Waals surface area (Å²) in [6.45, 7) is 4.28. The number of ether oxygens (including phenoxy) is 4. The van der Waals surface area contributed by atoms with E-state index in [2.05, 4.69) is 48.6 Å². The molecule has 0 aliphatic carbocycles. The number of cyclic esters (lactones) is 1. The first kappa shape index (κ1) is 26.4. The first-order valence-corrected chi connectivity index (χ1v) is 13.3. The van der Waals surface area contributed by atoms with Gasteiger partial charge in [0.15, 0.2) is 0 Å². The molecular formula is C26H37IO6. The van der Waals surface area contributed by atoms with Gasteiger partial charge in [-0.05, 0) is 54.6 Å². The van der Waals surface area contributed by atoms with Gasteiger partial charge in [0.25, 0.3) is 0 Å². The van der Waals surface area contributed by atoms with Crippen molar-refractivity contribution in [2.75, 3.05) is 7.11 Å². The topological polar surface area (TPSA) is 71.1 Å². The van der Waals surface area contributed by atoms with Crippen molar-refractivity contribution in [2.45, 2.75) is 95.7 Å². The molecule has 3 aliphatic rings. The lowest BCUT2D eigenvalue weighted by Crippen LogP contribution is -2.37. The molecule has 3 heterocycles. The van der Waals surface area contributed by atoms with Crippen molar-refractivity contribution in [3.05, 3.63) is 34.0 Å². The quantitative estimate of drug-likeness (QED) is 0.190. The molecule has 0 aromatic heterocycles. The third-order valence-electron chi connectivity index (χ3n) is 6.67. The Morgan fingerprint density at radius 3 is 2.45 bits per heavy atom. The highest BCUT2D eigenvalue weighted by Gasteiger charge is 2.33. The average molecular weight is 572 g/mol. The Kier molecular flexibility index (Phi) is 10.4. The van der Waals surface area contributed by atoms with Crippen LogP contribution in [0.4, 0.5) is 0 Å². The molecule has 4 bridgehead atoms. The molecule has 2 saturated heterocycles. The number of hydrogen-bond acceptors (Lipinski definition) is 6. The zero-order valence-electron chi connectivity index (χ0n) is 19.9. The van der Waals surface area contributed by atoms with Gasteiger partial charge >= 0.3 is 11.9 Å². The van der Waals surface area contributed by atoms with Crippen LogP contribution in [0.5, 0.6) is 0 Å². The number of rotatable bonds is 2. The van der Waals surface area contributed by atoms with Gasteiger partial charge in [-0.2, -0.15) is 0 Å². The van der Waals surface area contributed by atoms with E-state index in [0.717, 1.165) is 37.7 Å². The minimum atomic E-state index is -0.370. The molecule has 7 heteroatoms. The summed E-state index contributed by atoms with van der Waals surface area (Å²) < 4.78 is 25.4. The van der Waals surface area contributed by atoms with Crippen LogP contribution >= 0.6 is 22.6 Å². The molecule has 3 aliphatic heterocycles. The second-order valence-electron chi connectivity index (χ2n) is 9.59. The predicted octanol–water partition coefficient (Wildman–Crippen LogP) is 5.44. The normalized spacial score (nSPS) is 38.6. The number of carbonyl (C=O) groups is 2. The highest BCUT2D eigenvalue weighted by molar-refractivity contribution is 14.1. The van der Waals surface area contributed by atoms with E-state index in [-0.39, 0.29) is 54.8 Å². The molecule has 6 nitrogen and oxygen atoms in total. The molecule has 0 aromatic rings. The summed E-state index contributed by atoms with van der Waals surface area (Å²) in [6, 6.07) is 0. The number of carbonyl (C=O) groups excluding carboxylic acids is 2. The fourth-order valence-corrected chi connectivity index (χ4v) is 5.42. The van der Waals surface area contributed by atoms with Crippen molar-refractivity contribution in [1.29, 1.82) is 0 Å². The zero-order chi connectivity index (χ0) is 23.8. The van der Waals surface area contributed by atoms with E-state index in [1.807, 2.05) is 10.2 Å². The molecule has 0 spiro atoms. The van der Waals surface area contributed by atoms with Gasteiger partial charge < -0.3 is 18.9 Å². The summed E-state index contributed by atoms with van der Waals surface area (Å²) in [7, 11) is 1.38. The summed E-state index contributed by atoms with van der Waals surface area (Å²) in [4.78, 5) is 24.7. The molecule has 0 saturated carbocycles. The van der Waals surface area contributed by atoms with Crippen LogP contribution in [0.1, 0.15) is 65.2 Å². The van der Waals surface area contributed by atoms with Gasteiger partial charge in [0.2, 0.25) is 0 Å². The van der Waals surface area contributed by atoms with Gasteiger partial charge in [-0.1, -0.05) is 54.2 Å². The lowest BCUT2D eigenvalue weighted by atomic mass is 9.89. The maximum atomic E-state index is 12.8. The Morgan fingerprint density at radius 2 is 1.73 bits per heavy atom. The van der Waals surface area contributed by atoms with Crippen LogP contribution in [-0.4, -0.2) is 49.6 Å². The largest absolute Gasteiger partial charge is 0.466 e. The summed E-state index contributed by atoms with van der Waals surface area (Å²) in [6.07, 6.45) is 13.8. The molecule has 7 atom stereocenters. The predicted molar refractivity (Wildman–Crippen MR) is 135 cm³/mol. The lowest BCUT2D eigenvalue weighted by Gasteiger charge is -2.37. The van der Waals surface area contributed by atoms with Gasteiger partial charge in [-0.25, -0.2) is 4.79 Å². The third kappa shape index (κ3) is 8.51. The maximum Gasteiger partial charge on any atom is 0.330 e. The highest BCUT2D eigenvalue weighted by atomic mass is 127. The number of hydrogen-bond donors (Lipinski definition) is 0.